The van der Waals surface area contributed by atoms with E-state index in [-0.39, 0.29) is 0 Å². The van der Waals surface area contributed by atoms with Crippen LogP contribution in [0.1, 0.15) is 63.9 Å². The molecule has 0 aromatic heterocycles. The molecule has 0 aliphatic carbocycles. The van der Waals surface area contributed by atoms with Gasteiger partial charge in [-0.3, -0.25) is 0 Å². The Morgan fingerprint density at radius 3 is 2.18 bits per heavy atom. The van der Waals surface area contributed by atoms with Crippen molar-refractivity contribution in [2.75, 3.05) is 0 Å². The number of unbranched alkanes of at least 4 members (excludes halogenated alkanes) is 7. The lowest BCUT2D eigenvalue weighted by Gasteiger charge is -1.98. The molecule has 0 saturated carbocycles. The molecule has 0 unspecified atom stereocenters. The topological polar surface area (TPSA) is 0 Å². The van der Waals surface area contributed by atoms with Crippen LogP contribution in [0.3, 0.4) is 0 Å². The van der Waals surface area contributed by atoms with Gasteiger partial charge in [0.15, 0.2) is 0 Å². The number of benzene rings is 1. The Morgan fingerprint density at radius 2 is 1.47 bits per heavy atom. The second-order valence-electron chi connectivity index (χ2n) is 4.72. The summed E-state index contributed by atoms with van der Waals surface area (Å²) in [6.07, 6.45) is 15.5. The number of rotatable bonds is 9. The van der Waals surface area contributed by atoms with E-state index in [0.717, 1.165) is 0 Å². The Morgan fingerprint density at radius 1 is 0.824 bits per heavy atom. The summed E-state index contributed by atoms with van der Waals surface area (Å²) >= 11 is 0. The highest BCUT2D eigenvalue weighted by atomic mass is 14.0. The molecule has 0 amide bonds. The predicted molar refractivity (Wildman–Crippen MR) is 78.1 cm³/mol. The van der Waals surface area contributed by atoms with E-state index < -0.39 is 0 Å². The first-order chi connectivity index (χ1) is 8.43. The van der Waals surface area contributed by atoms with Crippen LogP contribution in [-0.4, -0.2) is 0 Å². The smallest absolute Gasteiger partial charge is 0.0260 e. The van der Waals surface area contributed by atoms with Crippen LogP contribution in [0.5, 0.6) is 0 Å². The van der Waals surface area contributed by atoms with E-state index in [4.69, 9.17) is 0 Å². The summed E-state index contributed by atoms with van der Waals surface area (Å²) in [7, 11) is 0. The van der Waals surface area contributed by atoms with Gasteiger partial charge in [-0.25, -0.2) is 0 Å². The quantitative estimate of drug-likeness (QED) is 0.467. The molecule has 0 N–H and O–H groups in total. The summed E-state index contributed by atoms with van der Waals surface area (Å²) < 4.78 is 0. The van der Waals surface area contributed by atoms with E-state index in [9.17, 15) is 0 Å². The molecule has 1 aromatic carbocycles. The van der Waals surface area contributed by atoms with Gasteiger partial charge in [-0.05, 0) is 18.4 Å². The molecule has 0 fully saturated rings. The first kappa shape index (κ1) is 14.0. The molecule has 0 atom stereocenters. The van der Waals surface area contributed by atoms with Crippen molar-refractivity contribution < 1.29 is 0 Å². The minimum Gasteiger partial charge on any atom is -0.0839 e. The molecule has 17 heavy (non-hydrogen) atoms. The molecule has 0 bridgehead atoms. The number of hydrogen-bond acceptors (Lipinski definition) is 0. The fourth-order valence-corrected chi connectivity index (χ4v) is 2.00. The highest BCUT2D eigenvalue weighted by Crippen LogP contribution is 2.09. The van der Waals surface area contributed by atoms with E-state index >= 15 is 0 Å². The standard InChI is InChI=1S/C17H26/c1-2-3-4-5-6-7-8-9-11-14-17-15-12-10-13-16-17/h10-16H,2-9H2,1H3/b14-11+. The highest BCUT2D eigenvalue weighted by molar-refractivity contribution is 5.48. The Kier molecular flexibility index (Phi) is 8.36. The maximum atomic E-state index is 2.31. The van der Waals surface area contributed by atoms with Crippen LogP contribution < -0.4 is 0 Å². The Balaban J connectivity index is 1.95. The van der Waals surface area contributed by atoms with Crippen LogP contribution in [-0.2, 0) is 0 Å². The Labute approximate surface area is 107 Å². The van der Waals surface area contributed by atoms with Crippen molar-refractivity contribution >= 4 is 6.08 Å². The molecule has 0 heteroatoms. The van der Waals surface area contributed by atoms with Crippen molar-refractivity contribution in [2.24, 2.45) is 0 Å². The van der Waals surface area contributed by atoms with Crippen LogP contribution in [0.4, 0.5) is 0 Å². The second-order valence-corrected chi connectivity index (χ2v) is 4.72. The fraction of sp³-hybridized carbons (Fsp3) is 0.529. The van der Waals surface area contributed by atoms with Gasteiger partial charge in [0.05, 0.1) is 0 Å². The number of hydrogen-bond donors (Lipinski definition) is 0. The van der Waals surface area contributed by atoms with E-state index in [2.05, 4.69) is 49.4 Å². The zero-order chi connectivity index (χ0) is 12.2. The lowest BCUT2D eigenvalue weighted by Crippen LogP contribution is -1.79. The molecule has 1 rings (SSSR count). The molecule has 94 valence electrons. The molecule has 1 aromatic rings. The second kappa shape index (κ2) is 10.1. The van der Waals surface area contributed by atoms with Crippen LogP contribution in [0.25, 0.3) is 6.08 Å². The lowest BCUT2D eigenvalue weighted by atomic mass is 10.1. The van der Waals surface area contributed by atoms with Gasteiger partial charge < -0.3 is 0 Å². The van der Waals surface area contributed by atoms with E-state index in [1.807, 2.05) is 0 Å². The van der Waals surface area contributed by atoms with Crippen molar-refractivity contribution in [1.82, 2.24) is 0 Å². The van der Waals surface area contributed by atoms with Crippen molar-refractivity contribution in [1.29, 1.82) is 0 Å². The minimum atomic E-state index is 1.22. The number of allylic oxidation sites excluding steroid dienone is 1. The normalized spacial score (nSPS) is 11.1. The summed E-state index contributed by atoms with van der Waals surface area (Å²) in [6.45, 7) is 2.27. The maximum Gasteiger partial charge on any atom is -0.0260 e. The van der Waals surface area contributed by atoms with Crippen molar-refractivity contribution in [2.45, 2.75) is 58.3 Å². The fourth-order valence-electron chi connectivity index (χ4n) is 2.00. The molecular formula is C17H26. The molecule has 0 nitrogen and oxygen atoms in total. The highest BCUT2D eigenvalue weighted by Gasteiger charge is 1.89. The molecule has 0 aliphatic rings. The van der Waals surface area contributed by atoms with Gasteiger partial charge >= 0.3 is 0 Å². The molecule has 0 radical (unpaired) electrons. The first-order valence-corrected chi connectivity index (χ1v) is 7.15. The summed E-state index contributed by atoms with van der Waals surface area (Å²) in [5.74, 6) is 0. The van der Waals surface area contributed by atoms with Crippen LogP contribution in [0.2, 0.25) is 0 Å². The van der Waals surface area contributed by atoms with Crippen LogP contribution in [0.15, 0.2) is 36.4 Å². The average Bonchev–Trinajstić information content (AvgIpc) is 2.38. The first-order valence-electron chi connectivity index (χ1n) is 7.15. The van der Waals surface area contributed by atoms with Crippen molar-refractivity contribution in [3.05, 3.63) is 42.0 Å². The van der Waals surface area contributed by atoms with Gasteiger partial charge in [-0.2, -0.15) is 0 Å². The Hall–Kier alpha value is -1.04. The van der Waals surface area contributed by atoms with E-state index in [0.29, 0.717) is 0 Å². The largest absolute Gasteiger partial charge is 0.0839 e. The summed E-state index contributed by atoms with van der Waals surface area (Å²) in [4.78, 5) is 0. The monoisotopic (exact) mass is 230 g/mol. The average molecular weight is 230 g/mol. The summed E-state index contributed by atoms with van der Waals surface area (Å²) in [5, 5.41) is 0. The van der Waals surface area contributed by atoms with Gasteiger partial charge in [0.1, 0.15) is 0 Å². The Bertz CT molecular complexity index is 284. The van der Waals surface area contributed by atoms with Crippen molar-refractivity contribution in [3.8, 4) is 0 Å². The lowest BCUT2D eigenvalue weighted by molar-refractivity contribution is 0.592. The van der Waals surface area contributed by atoms with Gasteiger partial charge in [0.25, 0.3) is 0 Å². The third-order valence-electron chi connectivity index (χ3n) is 3.08. The van der Waals surface area contributed by atoms with Crippen LogP contribution in [0, 0.1) is 0 Å². The third kappa shape index (κ3) is 7.79. The minimum absolute atomic E-state index is 1.22. The molecule has 0 heterocycles. The SMILES string of the molecule is CCCCCCCCC/C=C/c1ccccc1. The molecular weight excluding hydrogens is 204 g/mol. The van der Waals surface area contributed by atoms with Crippen molar-refractivity contribution in [3.63, 3.8) is 0 Å². The zero-order valence-corrected chi connectivity index (χ0v) is 11.2. The van der Waals surface area contributed by atoms with E-state index in [1.54, 1.807) is 0 Å². The third-order valence-corrected chi connectivity index (χ3v) is 3.08. The predicted octanol–water partition coefficient (Wildman–Crippen LogP) is 5.84. The van der Waals surface area contributed by atoms with Crippen LogP contribution >= 0.6 is 0 Å². The maximum absolute atomic E-state index is 2.31. The van der Waals surface area contributed by atoms with Gasteiger partial charge in [0.2, 0.25) is 0 Å². The van der Waals surface area contributed by atoms with E-state index in [1.165, 1.54) is 56.9 Å². The summed E-state index contributed by atoms with van der Waals surface area (Å²) in [5.41, 5.74) is 1.32. The molecule has 0 aliphatic heterocycles. The van der Waals surface area contributed by atoms with Gasteiger partial charge in [-0.1, -0.05) is 87.9 Å². The van der Waals surface area contributed by atoms with Gasteiger partial charge in [-0.15, -0.1) is 0 Å². The summed E-state index contributed by atoms with van der Waals surface area (Å²) in [6, 6.07) is 10.6. The van der Waals surface area contributed by atoms with Gasteiger partial charge in [0, 0.05) is 0 Å². The zero-order valence-electron chi connectivity index (χ0n) is 11.2. The molecule has 0 saturated heterocycles. The molecule has 0 spiro atoms.